The van der Waals surface area contributed by atoms with E-state index in [4.69, 9.17) is 21.8 Å². The first kappa shape index (κ1) is 12.1. The third-order valence-electron chi connectivity index (χ3n) is 2.51. The summed E-state index contributed by atoms with van der Waals surface area (Å²) in [6, 6.07) is 6.84. The molecule has 0 unspecified atom stereocenters. The maximum Gasteiger partial charge on any atom is 0.0737 e. The van der Waals surface area contributed by atoms with Gasteiger partial charge in [0.2, 0.25) is 0 Å². The highest BCUT2D eigenvalue weighted by Gasteiger charge is 2.08. The SMILES string of the molecule is OCC(CO)Nc1ccnc2cc(Cl)ccc12. The first-order valence-corrected chi connectivity index (χ1v) is 5.65. The number of hydrogen-bond acceptors (Lipinski definition) is 4. The number of hydrogen-bond donors (Lipinski definition) is 3. The maximum absolute atomic E-state index is 9.04. The van der Waals surface area contributed by atoms with Crippen LogP contribution in [0, 0.1) is 0 Å². The molecule has 1 aromatic heterocycles. The largest absolute Gasteiger partial charge is 0.394 e. The second-order valence-electron chi connectivity index (χ2n) is 3.73. The maximum atomic E-state index is 9.04. The molecule has 17 heavy (non-hydrogen) atoms. The predicted molar refractivity (Wildman–Crippen MR) is 68.3 cm³/mol. The number of fused-ring (bicyclic) bond motifs is 1. The van der Waals surface area contributed by atoms with Crippen LogP contribution in [-0.2, 0) is 0 Å². The summed E-state index contributed by atoms with van der Waals surface area (Å²) in [5, 5.41) is 22.7. The van der Waals surface area contributed by atoms with E-state index >= 15 is 0 Å². The van der Waals surface area contributed by atoms with Crippen molar-refractivity contribution in [2.45, 2.75) is 6.04 Å². The third-order valence-corrected chi connectivity index (χ3v) is 2.74. The lowest BCUT2D eigenvalue weighted by Crippen LogP contribution is -2.27. The highest BCUT2D eigenvalue weighted by Crippen LogP contribution is 2.24. The fourth-order valence-electron chi connectivity index (χ4n) is 1.62. The molecule has 90 valence electrons. The van der Waals surface area contributed by atoms with Crippen molar-refractivity contribution in [3.8, 4) is 0 Å². The summed E-state index contributed by atoms with van der Waals surface area (Å²) >= 11 is 5.89. The zero-order valence-electron chi connectivity index (χ0n) is 9.10. The molecule has 0 radical (unpaired) electrons. The standard InChI is InChI=1S/C12H13ClN2O2/c13-8-1-2-10-11(15-9(6-16)7-17)3-4-14-12(10)5-8/h1-5,9,16-17H,6-7H2,(H,14,15). The van der Waals surface area contributed by atoms with Gasteiger partial charge in [-0.2, -0.15) is 0 Å². The van der Waals surface area contributed by atoms with Gasteiger partial charge in [-0.3, -0.25) is 4.98 Å². The Kier molecular flexibility index (Phi) is 3.78. The fraction of sp³-hybridized carbons (Fsp3) is 0.250. The zero-order valence-corrected chi connectivity index (χ0v) is 9.85. The molecule has 0 bridgehead atoms. The summed E-state index contributed by atoms with van der Waals surface area (Å²) in [4.78, 5) is 4.21. The van der Waals surface area contributed by atoms with E-state index in [9.17, 15) is 0 Å². The highest BCUT2D eigenvalue weighted by atomic mass is 35.5. The van der Waals surface area contributed by atoms with Gasteiger partial charge in [-0.1, -0.05) is 11.6 Å². The Labute approximate surface area is 104 Å². The predicted octanol–water partition coefficient (Wildman–Crippen LogP) is 1.65. The van der Waals surface area contributed by atoms with Crippen LogP contribution in [0.2, 0.25) is 5.02 Å². The van der Waals surface area contributed by atoms with Gasteiger partial charge in [0.15, 0.2) is 0 Å². The normalized spacial score (nSPS) is 11.1. The van der Waals surface area contributed by atoms with Crippen LogP contribution in [-0.4, -0.2) is 34.5 Å². The Hall–Kier alpha value is -1.36. The second-order valence-corrected chi connectivity index (χ2v) is 4.16. The van der Waals surface area contributed by atoms with Crippen molar-refractivity contribution in [1.82, 2.24) is 4.98 Å². The Morgan fingerprint density at radius 1 is 1.24 bits per heavy atom. The van der Waals surface area contributed by atoms with E-state index in [0.29, 0.717) is 5.02 Å². The lowest BCUT2D eigenvalue weighted by molar-refractivity contribution is 0.204. The minimum absolute atomic E-state index is 0.131. The van der Waals surface area contributed by atoms with Crippen LogP contribution in [0.1, 0.15) is 0 Å². The first-order chi connectivity index (χ1) is 8.24. The van der Waals surface area contributed by atoms with Gasteiger partial charge in [0, 0.05) is 22.3 Å². The summed E-state index contributed by atoms with van der Waals surface area (Å²) in [6.07, 6.45) is 1.66. The molecular weight excluding hydrogens is 240 g/mol. The molecule has 1 aromatic carbocycles. The van der Waals surface area contributed by atoms with Crippen LogP contribution in [0.4, 0.5) is 5.69 Å². The summed E-state index contributed by atoms with van der Waals surface area (Å²) in [5.74, 6) is 0. The van der Waals surface area contributed by atoms with Crippen molar-refractivity contribution in [1.29, 1.82) is 0 Å². The molecule has 0 saturated heterocycles. The lowest BCUT2D eigenvalue weighted by Gasteiger charge is -2.16. The van der Waals surface area contributed by atoms with Gasteiger partial charge in [-0.15, -0.1) is 0 Å². The summed E-state index contributed by atoms with van der Waals surface area (Å²) < 4.78 is 0. The van der Waals surface area contributed by atoms with Crippen LogP contribution in [0.15, 0.2) is 30.5 Å². The van der Waals surface area contributed by atoms with Gasteiger partial charge < -0.3 is 15.5 Å². The molecule has 5 heteroatoms. The van der Waals surface area contributed by atoms with Crippen LogP contribution in [0.25, 0.3) is 10.9 Å². The van der Waals surface area contributed by atoms with Crippen molar-refractivity contribution in [2.24, 2.45) is 0 Å². The minimum atomic E-state index is -0.378. The molecule has 0 atom stereocenters. The van der Waals surface area contributed by atoms with Crippen LogP contribution >= 0.6 is 11.6 Å². The minimum Gasteiger partial charge on any atom is -0.394 e. The Bertz CT molecular complexity index is 515. The number of benzene rings is 1. The molecular formula is C12H13ClN2O2. The molecule has 0 spiro atoms. The molecule has 0 fully saturated rings. The molecule has 0 aliphatic heterocycles. The number of halogens is 1. The van der Waals surface area contributed by atoms with Crippen LogP contribution in [0.5, 0.6) is 0 Å². The Morgan fingerprint density at radius 3 is 2.71 bits per heavy atom. The van der Waals surface area contributed by atoms with Crippen molar-refractivity contribution >= 4 is 28.2 Å². The number of aliphatic hydroxyl groups excluding tert-OH is 2. The van der Waals surface area contributed by atoms with Gasteiger partial charge in [0.25, 0.3) is 0 Å². The molecule has 0 saturated carbocycles. The monoisotopic (exact) mass is 252 g/mol. The van der Waals surface area contributed by atoms with Crippen LogP contribution in [0.3, 0.4) is 0 Å². The van der Waals surface area contributed by atoms with Gasteiger partial charge in [-0.25, -0.2) is 0 Å². The Morgan fingerprint density at radius 2 is 2.00 bits per heavy atom. The quantitative estimate of drug-likeness (QED) is 0.774. The van der Waals surface area contributed by atoms with Crippen molar-refractivity contribution in [3.05, 3.63) is 35.5 Å². The molecule has 0 aliphatic carbocycles. The molecule has 2 aromatic rings. The van der Waals surface area contributed by atoms with Gasteiger partial charge in [0.1, 0.15) is 0 Å². The van der Waals surface area contributed by atoms with E-state index in [2.05, 4.69) is 10.3 Å². The Balaban J connectivity index is 2.40. The van der Waals surface area contributed by atoms with Crippen molar-refractivity contribution in [3.63, 3.8) is 0 Å². The molecule has 1 heterocycles. The summed E-state index contributed by atoms with van der Waals surface area (Å²) in [5.41, 5.74) is 1.59. The van der Waals surface area contributed by atoms with Crippen LogP contribution < -0.4 is 5.32 Å². The van der Waals surface area contributed by atoms with Gasteiger partial charge in [0.05, 0.1) is 24.8 Å². The first-order valence-electron chi connectivity index (χ1n) is 5.27. The number of aromatic nitrogens is 1. The van der Waals surface area contributed by atoms with Gasteiger partial charge in [-0.05, 0) is 24.3 Å². The topological polar surface area (TPSA) is 65.4 Å². The number of rotatable bonds is 4. The molecule has 3 N–H and O–H groups in total. The number of nitrogens with one attached hydrogen (secondary N) is 1. The number of pyridine rings is 1. The average molecular weight is 253 g/mol. The molecule has 2 rings (SSSR count). The number of aliphatic hydroxyl groups is 2. The molecule has 0 aliphatic rings. The summed E-state index contributed by atoms with van der Waals surface area (Å²) in [7, 11) is 0. The average Bonchev–Trinajstić information content (AvgIpc) is 2.35. The smallest absolute Gasteiger partial charge is 0.0737 e. The van der Waals surface area contributed by atoms with E-state index in [0.717, 1.165) is 16.6 Å². The second kappa shape index (κ2) is 5.31. The van der Waals surface area contributed by atoms with E-state index in [1.54, 1.807) is 24.4 Å². The van der Waals surface area contributed by atoms with E-state index in [1.165, 1.54) is 0 Å². The number of nitrogens with zero attached hydrogens (tertiary/aromatic N) is 1. The zero-order chi connectivity index (χ0) is 12.3. The fourth-order valence-corrected chi connectivity index (χ4v) is 1.78. The van der Waals surface area contributed by atoms with E-state index in [1.807, 2.05) is 6.07 Å². The third kappa shape index (κ3) is 2.66. The highest BCUT2D eigenvalue weighted by molar-refractivity contribution is 6.31. The van der Waals surface area contributed by atoms with Gasteiger partial charge >= 0.3 is 0 Å². The lowest BCUT2D eigenvalue weighted by atomic mass is 10.1. The number of anilines is 1. The van der Waals surface area contributed by atoms with E-state index < -0.39 is 0 Å². The molecule has 0 amide bonds. The summed E-state index contributed by atoms with van der Waals surface area (Å²) in [6.45, 7) is -0.262. The van der Waals surface area contributed by atoms with E-state index in [-0.39, 0.29) is 19.3 Å². The molecule has 4 nitrogen and oxygen atoms in total. The van der Waals surface area contributed by atoms with Crippen molar-refractivity contribution in [2.75, 3.05) is 18.5 Å². The van der Waals surface area contributed by atoms with Crippen molar-refractivity contribution < 1.29 is 10.2 Å².